The lowest BCUT2D eigenvalue weighted by atomic mass is 9.86. The molecule has 4 nitrogen and oxygen atoms in total. The summed E-state index contributed by atoms with van der Waals surface area (Å²) in [5, 5.41) is 8.29. The van der Waals surface area contributed by atoms with Crippen molar-refractivity contribution in [2.24, 2.45) is 11.8 Å². The highest BCUT2D eigenvalue weighted by molar-refractivity contribution is 5.82. The van der Waals surface area contributed by atoms with E-state index in [1.54, 1.807) is 0 Å². The minimum absolute atomic E-state index is 0.0503. The highest BCUT2D eigenvalue weighted by atomic mass is 16.1. The van der Waals surface area contributed by atoms with Crippen molar-refractivity contribution in [1.29, 1.82) is 0 Å². The first-order chi connectivity index (χ1) is 8.27. The zero-order chi connectivity index (χ0) is 13.9. The van der Waals surface area contributed by atoms with Gasteiger partial charge in [0.1, 0.15) is 5.78 Å². The minimum Gasteiger partial charge on any atom is -0.299 e. The molecule has 0 fully saturated rings. The van der Waals surface area contributed by atoms with Gasteiger partial charge in [0, 0.05) is 18.0 Å². The van der Waals surface area contributed by atoms with Crippen LogP contribution in [-0.4, -0.2) is 20.8 Å². The van der Waals surface area contributed by atoms with Crippen LogP contribution in [-0.2, 0) is 16.8 Å². The Kier molecular flexibility index (Phi) is 4.65. The molecule has 1 aromatic heterocycles. The van der Waals surface area contributed by atoms with E-state index in [-0.39, 0.29) is 17.4 Å². The SMILES string of the molecule is CCc1cn(C(C)(C)CC(C)C(=O)C(C)C)nn1. The molecule has 0 aliphatic rings. The van der Waals surface area contributed by atoms with Gasteiger partial charge in [0.05, 0.1) is 11.2 Å². The largest absolute Gasteiger partial charge is 0.299 e. The molecule has 1 aromatic rings. The average molecular weight is 251 g/mol. The summed E-state index contributed by atoms with van der Waals surface area (Å²) in [6, 6.07) is 0. The van der Waals surface area contributed by atoms with Gasteiger partial charge in [-0.2, -0.15) is 0 Å². The molecule has 0 spiro atoms. The molecule has 1 atom stereocenters. The first-order valence-electron chi connectivity index (χ1n) is 6.73. The van der Waals surface area contributed by atoms with E-state index >= 15 is 0 Å². The predicted molar refractivity (Wildman–Crippen MR) is 72.3 cm³/mol. The fourth-order valence-corrected chi connectivity index (χ4v) is 2.27. The highest BCUT2D eigenvalue weighted by Crippen LogP contribution is 2.25. The lowest BCUT2D eigenvalue weighted by Gasteiger charge is -2.28. The molecule has 1 heterocycles. The van der Waals surface area contributed by atoms with E-state index in [0.717, 1.165) is 18.5 Å². The molecule has 18 heavy (non-hydrogen) atoms. The molecule has 0 amide bonds. The maximum Gasteiger partial charge on any atom is 0.138 e. The van der Waals surface area contributed by atoms with Gasteiger partial charge in [-0.15, -0.1) is 5.10 Å². The fraction of sp³-hybridized carbons (Fsp3) is 0.786. The molecule has 0 N–H and O–H groups in total. The lowest BCUT2D eigenvalue weighted by molar-refractivity contribution is -0.126. The molecule has 102 valence electrons. The summed E-state index contributed by atoms with van der Waals surface area (Å²) in [5.74, 6) is 0.464. The molecular formula is C14H25N3O. The van der Waals surface area contributed by atoms with E-state index < -0.39 is 0 Å². The highest BCUT2D eigenvalue weighted by Gasteiger charge is 2.28. The van der Waals surface area contributed by atoms with Crippen LogP contribution in [0.3, 0.4) is 0 Å². The van der Waals surface area contributed by atoms with Crippen LogP contribution in [0.2, 0.25) is 0 Å². The van der Waals surface area contributed by atoms with Crippen molar-refractivity contribution in [3.05, 3.63) is 11.9 Å². The Labute approximate surface area is 110 Å². The number of carbonyl (C=O) groups is 1. The van der Waals surface area contributed by atoms with Crippen LogP contribution in [0.1, 0.15) is 53.7 Å². The van der Waals surface area contributed by atoms with E-state index in [1.165, 1.54) is 0 Å². The third-order valence-corrected chi connectivity index (χ3v) is 3.38. The third-order valence-electron chi connectivity index (χ3n) is 3.38. The van der Waals surface area contributed by atoms with Gasteiger partial charge < -0.3 is 0 Å². The van der Waals surface area contributed by atoms with Crippen LogP contribution in [0.15, 0.2) is 6.20 Å². The Bertz CT molecular complexity index is 407. The molecule has 0 bridgehead atoms. The van der Waals surface area contributed by atoms with E-state index in [4.69, 9.17) is 0 Å². The normalized spacial score (nSPS) is 13.9. The van der Waals surface area contributed by atoms with Crippen LogP contribution in [0, 0.1) is 11.8 Å². The van der Waals surface area contributed by atoms with Gasteiger partial charge in [0.25, 0.3) is 0 Å². The van der Waals surface area contributed by atoms with E-state index in [0.29, 0.717) is 5.78 Å². The number of ketones is 1. The van der Waals surface area contributed by atoms with Gasteiger partial charge >= 0.3 is 0 Å². The number of nitrogens with zero attached hydrogens (tertiary/aromatic N) is 3. The summed E-state index contributed by atoms with van der Waals surface area (Å²) in [6.45, 7) is 12.2. The summed E-state index contributed by atoms with van der Waals surface area (Å²) in [4.78, 5) is 12.0. The van der Waals surface area contributed by atoms with Gasteiger partial charge in [-0.05, 0) is 26.7 Å². The van der Waals surface area contributed by atoms with E-state index in [1.807, 2.05) is 31.6 Å². The number of aromatic nitrogens is 3. The molecule has 0 aromatic carbocycles. The smallest absolute Gasteiger partial charge is 0.138 e. The van der Waals surface area contributed by atoms with Gasteiger partial charge in [-0.3, -0.25) is 4.79 Å². The fourth-order valence-electron chi connectivity index (χ4n) is 2.27. The van der Waals surface area contributed by atoms with Crippen molar-refractivity contribution in [1.82, 2.24) is 15.0 Å². The monoisotopic (exact) mass is 251 g/mol. The molecular weight excluding hydrogens is 226 g/mol. The van der Waals surface area contributed by atoms with Crippen molar-refractivity contribution in [3.8, 4) is 0 Å². The Morgan fingerprint density at radius 2 is 2.00 bits per heavy atom. The van der Waals surface area contributed by atoms with Gasteiger partial charge in [0.2, 0.25) is 0 Å². The maximum atomic E-state index is 12.0. The zero-order valence-corrected chi connectivity index (χ0v) is 12.4. The Morgan fingerprint density at radius 3 is 2.44 bits per heavy atom. The summed E-state index contributed by atoms with van der Waals surface area (Å²) < 4.78 is 1.88. The van der Waals surface area contributed by atoms with Crippen molar-refractivity contribution in [2.45, 2.75) is 59.9 Å². The summed E-state index contributed by atoms with van der Waals surface area (Å²) >= 11 is 0. The number of rotatable bonds is 6. The topological polar surface area (TPSA) is 47.8 Å². The van der Waals surface area contributed by atoms with E-state index in [2.05, 4.69) is 31.1 Å². The molecule has 0 aliphatic heterocycles. The second-order valence-corrected chi connectivity index (χ2v) is 5.98. The van der Waals surface area contributed by atoms with Crippen LogP contribution in [0.5, 0.6) is 0 Å². The predicted octanol–water partition coefficient (Wildman–Crippen LogP) is 2.83. The van der Waals surface area contributed by atoms with Crippen LogP contribution in [0.4, 0.5) is 0 Å². The number of aryl methyl sites for hydroxylation is 1. The van der Waals surface area contributed by atoms with Gasteiger partial charge in [-0.1, -0.05) is 32.9 Å². The summed E-state index contributed by atoms with van der Waals surface area (Å²) in [5.41, 5.74) is 0.815. The Morgan fingerprint density at radius 1 is 1.39 bits per heavy atom. The molecule has 4 heteroatoms. The third kappa shape index (κ3) is 3.40. The zero-order valence-electron chi connectivity index (χ0n) is 12.4. The minimum atomic E-state index is -0.176. The van der Waals surface area contributed by atoms with Crippen molar-refractivity contribution in [3.63, 3.8) is 0 Å². The van der Waals surface area contributed by atoms with Crippen LogP contribution < -0.4 is 0 Å². The standard InChI is InChI=1S/C14H25N3O/c1-7-12-9-17(16-15-12)14(5,6)8-11(4)13(18)10(2)3/h9-11H,7-8H2,1-6H3. The van der Waals surface area contributed by atoms with Crippen LogP contribution >= 0.6 is 0 Å². The van der Waals surface area contributed by atoms with Crippen molar-refractivity contribution >= 4 is 5.78 Å². The second kappa shape index (κ2) is 5.63. The molecule has 1 unspecified atom stereocenters. The first kappa shape index (κ1) is 14.9. The number of carbonyl (C=O) groups excluding carboxylic acids is 1. The average Bonchev–Trinajstić information content (AvgIpc) is 2.76. The van der Waals surface area contributed by atoms with E-state index in [9.17, 15) is 4.79 Å². The molecule has 1 rings (SSSR count). The maximum absolute atomic E-state index is 12.0. The first-order valence-corrected chi connectivity index (χ1v) is 6.73. The second-order valence-electron chi connectivity index (χ2n) is 5.98. The summed E-state index contributed by atoms with van der Waals surface area (Å²) in [6.07, 6.45) is 3.65. The molecule has 0 radical (unpaired) electrons. The summed E-state index contributed by atoms with van der Waals surface area (Å²) in [7, 11) is 0. The van der Waals surface area contributed by atoms with Crippen LogP contribution in [0.25, 0.3) is 0 Å². The quantitative estimate of drug-likeness (QED) is 0.781. The van der Waals surface area contributed by atoms with Gasteiger partial charge in [0.15, 0.2) is 0 Å². The Hall–Kier alpha value is -1.19. The number of Topliss-reactive ketones (excluding diaryl/α,β-unsaturated/α-hetero) is 1. The Balaban J connectivity index is 2.78. The molecule has 0 aliphatic carbocycles. The van der Waals surface area contributed by atoms with Crippen molar-refractivity contribution < 1.29 is 4.79 Å². The molecule has 0 saturated heterocycles. The lowest BCUT2D eigenvalue weighted by Crippen LogP contribution is -2.32. The molecule has 0 saturated carbocycles. The van der Waals surface area contributed by atoms with Crippen molar-refractivity contribution in [2.75, 3.05) is 0 Å². The number of hydrogen-bond donors (Lipinski definition) is 0. The van der Waals surface area contributed by atoms with Gasteiger partial charge in [-0.25, -0.2) is 4.68 Å². The number of hydrogen-bond acceptors (Lipinski definition) is 3.